The van der Waals surface area contributed by atoms with E-state index in [4.69, 9.17) is 4.74 Å². The molecule has 1 unspecified atom stereocenters. The van der Waals surface area contributed by atoms with Gasteiger partial charge in [0.2, 0.25) is 0 Å². The summed E-state index contributed by atoms with van der Waals surface area (Å²) >= 11 is 2.39. The second-order valence-corrected chi connectivity index (χ2v) is 5.79. The highest BCUT2D eigenvalue weighted by molar-refractivity contribution is 14.1. The van der Waals surface area contributed by atoms with Crippen LogP contribution in [0.25, 0.3) is 0 Å². The lowest BCUT2D eigenvalue weighted by Crippen LogP contribution is -2.19. The molecule has 0 fully saturated rings. The molecule has 0 aliphatic heterocycles. The molecule has 2 nitrogen and oxygen atoms in total. The highest BCUT2D eigenvalue weighted by atomic mass is 127. The van der Waals surface area contributed by atoms with Gasteiger partial charge in [-0.05, 0) is 53.8 Å². The molecule has 0 spiro atoms. The van der Waals surface area contributed by atoms with Gasteiger partial charge >= 0.3 is 0 Å². The molecule has 2 aromatic carbocycles. The summed E-state index contributed by atoms with van der Waals surface area (Å²) in [5, 5.41) is 3.41. The number of benzene rings is 2. The van der Waals surface area contributed by atoms with Crippen LogP contribution in [0.15, 0.2) is 48.5 Å². The summed E-state index contributed by atoms with van der Waals surface area (Å²) in [6.07, 6.45) is 1.02. The normalized spacial score (nSPS) is 12.2. The van der Waals surface area contributed by atoms with Crippen molar-refractivity contribution in [1.82, 2.24) is 5.32 Å². The van der Waals surface area contributed by atoms with Crippen molar-refractivity contribution in [2.24, 2.45) is 0 Å². The average molecular weight is 381 g/mol. The number of para-hydroxylation sites is 1. The first-order chi connectivity index (χ1) is 9.77. The van der Waals surface area contributed by atoms with Crippen LogP contribution in [-0.4, -0.2) is 13.7 Å². The molecule has 20 heavy (non-hydrogen) atoms. The van der Waals surface area contributed by atoms with E-state index >= 15 is 0 Å². The van der Waals surface area contributed by atoms with Crippen LogP contribution < -0.4 is 10.1 Å². The molecular weight excluding hydrogens is 361 g/mol. The van der Waals surface area contributed by atoms with Gasteiger partial charge in [0.25, 0.3) is 0 Å². The molecule has 0 saturated carbocycles. The molecule has 0 amide bonds. The van der Waals surface area contributed by atoms with E-state index in [9.17, 15) is 0 Å². The second-order valence-electron chi connectivity index (χ2n) is 4.63. The van der Waals surface area contributed by atoms with Gasteiger partial charge < -0.3 is 10.1 Å². The highest BCUT2D eigenvalue weighted by Gasteiger charge is 2.18. The minimum absolute atomic E-state index is 0.149. The quantitative estimate of drug-likeness (QED) is 0.750. The molecule has 2 aromatic rings. The van der Waals surface area contributed by atoms with Crippen LogP contribution in [0.5, 0.6) is 5.75 Å². The first-order valence-electron chi connectivity index (χ1n) is 6.91. The third-order valence-corrected chi connectivity index (χ3v) is 4.18. The van der Waals surface area contributed by atoms with E-state index in [1.807, 2.05) is 19.2 Å². The number of nitrogens with one attached hydrogen (secondary N) is 1. The number of hydrogen-bond donors (Lipinski definition) is 1. The van der Waals surface area contributed by atoms with E-state index in [1.54, 1.807) is 0 Å². The van der Waals surface area contributed by atoms with Crippen LogP contribution in [0.3, 0.4) is 0 Å². The standard InChI is InChI=1S/C17H20INO/c1-3-12-20-16-11-7-5-9-14(16)17(19-2)13-8-4-6-10-15(13)18/h4-11,17,19H,3,12H2,1-2H3. The number of hydrogen-bond acceptors (Lipinski definition) is 2. The predicted molar refractivity (Wildman–Crippen MR) is 92.3 cm³/mol. The van der Waals surface area contributed by atoms with Gasteiger partial charge in [0.15, 0.2) is 0 Å². The minimum atomic E-state index is 0.149. The molecule has 2 rings (SSSR count). The first-order valence-corrected chi connectivity index (χ1v) is 7.99. The molecule has 0 radical (unpaired) electrons. The van der Waals surface area contributed by atoms with Gasteiger partial charge in [0.05, 0.1) is 12.6 Å². The fourth-order valence-electron chi connectivity index (χ4n) is 2.25. The average Bonchev–Trinajstić information content (AvgIpc) is 2.49. The fraction of sp³-hybridized carbons (Fsp3) is 0.294. The summed E-state index contributed by atoms with van der Waals surface area (Å²) in [5.74, 6) is 0.966. The maximum Gasteiger partial charge on any atom is 0.124 e. The smallest absolute Gasteiger partial charge is 0.124 e. The third kappa shape index (κ3) is 3.52. The van der Waals surface area contributed by atoms with Crippen molar-refractivity contribution in [2.45, 2.75) is 19.4 Å². The predicted octanol–water partition coefficient (Wildman–Crippen LogP) is 4.39. The molecule has 0 bridgehead atoms. The van der Waals surface area contributed by atoms with Crippen molar-refractivity contribution >= 4 is 22.6 Å². The zero-order valence-corrected chi connectivity index (χ0v) is 14.1. The van der Waals surface area contributed by atoms with Gasteiger partial charge in [-0.25, -0.2) is 0 Å². The summed E-state index contributed by atoms with van der Waals surface area (Å²) in [5.41, 5.74) is 2.47. The van der Waals surface area contributed by atoms with Crippen molar-refractivity contribution in [3.05, 3.63) is 63.2 Å². The monoisotopic (exact) mass is 381 g/mol. The van der Waals surface area contributed by atoms with E-state index in [-0.39, 0.29) is 6.04 Å². The fourth-order valence-corrected chi connectivity index (χ4v) is 2.95. The van der Waals surface area contributed by atoms with E-state index in [0.717, 1.165) is 18.8 Å². The van der Waals surface area contributed by atoms with E-state index < -0.39 is 0 Å². The van der Waals surface area contributed by atoms with Crippen molar-refractivity contribution in [3.63, 3.8) is 0 Å². The Morgan fingerprint density at radius 2 is 1.70 bits per heavy atom. The summed E-state index contributed by atoms with van der Waals surface area (Å²) in [7, 11) is 1.99. The molecule has 0 aliphatic rings. The molecule has 0 heterocycles. The Balaban J connectivity index is 2.39. The lowest BCUT2D eigenvalue weighted by molar-refractivity contribution is 0.312. The summed E-state index contributed by atoms with van der Waals surface area (Å²) in [6, 6.07) is 16.9. The Bertz CT molecular complexity index is 556. The van der Waals surface area contributed by atoms with Gasteiger partial charge in [-0.2, -0.15) is 0 Å². The maximum absolute atomic E-state index is 5.89. The largest absolute Gasteiger partial charge is 0.493 e. The van der Waals surface area contributed by atoms with E-state index in [2.05, 4.69) is 71.2 Å². The zero-order valence-electron chi connectivity index (χ0n) is 11.9. The van der Waals surface area contributed by atoms with Gasteiger partial charge in [-0.1, -0.05) is 43.3 Å². The molecular formula is C17H20INO. The van der Waals surface area contributed by atoms with E-state index in [1.165, 1.54) is 14.7 Å². The van der Waals surface area contributed by atoms with Gasteiger partial charge in [-0.15, -0.1) is 0 Å². The maximum atomic E-state index is 5.89. The van der Waals surface area contributed by atoms with Crippen LogP contribution >= 0.6 is 22.6 Å². The van der Waals surface area contributed by atoms with Gasteiger partial charge in [0, 0.05) is 9.13 Å². The van der Waals surface area contributed by atoms with Gasteiger partial charge in [-0.3, -0.25) is 0 Å². The SMILES string of the molecule is CCCOc1ccccc1C(NC)c1ccccc1I. The summed E-state index contributed by atoms with van der Waals surface area (Å²) in [4.78, 5) is 0. The second kappa shape index (κ2) is 7.64. The van der Waals surface area contributed by atoms with E-state index in [0.29, 0.717) is 0 Å². The van der Waals surface area contributed by atoms with Crippen LogP contribution in [-0.2, 0) is 0 Å². The Morgan fingerprint density at radius 3 is 2.35 bits per heavy atom. The number of halogens is 1. The lowest BCUT2D eigenvalue weighted by atomic mass is 9.98. The first kappa shape index (κ1) is 15.3. The Hall–Kier alpha value is -1.07. The van der Waals surface area contributed by atoms with Crippen LogP contribution in [0, 0.1) is 3.57 Å². The van der Waals surface area contributed by atoms with Crippen molar-refractivity contribution in [1.29, 1.82) is 0 Å². The van der Waals surface area contributed by atoms with Crippen molar-refractivity contribution < 1.29 is 4.74 Å². The van der Waals surface area contributed by atoms with Crippen LogP contribution in [0.4, 0.5) is 0 Å². The number of ether oxygens (including phenoxy) is 1. The lowest BCUT2D eigenvalue weighted by Gasteiger charge is -2.21. The topological polar surface area (TPSA) is 21.3 Å². The molecule has 3 heteroatoms. The van der Waals surface area contributed by atoms with Crippen LogP contribution in [0.2, 0.25) is 0 Å². The highest BCUT2D eigenvalue weighted by Crippen LogP contribution is 2.32. The third-order valence-electron chi connectivity index (χ3n) is 3.20. The molecule has 0 saturated heterocycles. The molecule has 106 valence electrons. The van der Waals surface area contributed by atoms with Crippen molar-refractivity contribution in [2.75, 3.05) is 13.7 Å². The minimum Gasteiger partial charge on any atom is -0.493 e. The molecule has 0 aliphatic carbocycles. The van der Waals surface area contributed by atoms with Gasteiger partial charge in [0.1, 0.15) is 5.75 Å². The Labute approximate surface area is 134 Å². The van der Waals surface area contributed by atoms with Crippen LogP contribution in [0.1, 0.15) is 30.5 Å². The molecule has 1 N–H and O–H groups in total. The summed E-state index contributed by atoms with van der Waals surface area (Å²) in [6.45, 7) is 2.87. The molecule has 1 atom stereocenters. The van der Waals surface area contributed by atoms with Crippen molar-refractivity contribution in [3.8, 4) is 5.75 Å². The molecule has 0 aromatic heterocycles. The summed E-state index contributed by atoms with van der Waals surface area (Å²) < 4.78 is 7.15. The zero-order chi connectivity index (χ0) is 14.4. The Morgan fingerprint density at radius 1 is 1.05 bits per heavy atom. The Kier molecular flexibility index (Phi) is 5.86. The number of rotatable bonds is 6.